The van der Waals surface area contributed by atoms with E-state index in [4.69, 9.17) is 21.1 Å². The van der Waals surface area contributed by atoms with Gasteiger partial charge < -0.3 is 14.4 Å². The van der Waals surface area contributed by atoms with Crippen LogP contribution in [0.25, 0.3) is 0 Å². The van der Waals surface area contributed by atoms with Crippen molar-refractivity contribution >= 4 is 39.9 Å². The number of ether oxygens (including phenoxy) is 2. The van der Waals surface area contributed by atoms with Crippen molar-refractivity contribution in [2.24, 2.45) is 0 Å². The molecule has 0 spiro atoms. The Morgan fingerprint density at radius 3 is 2.79 bits per heavy atom. The van der Waals surface area contributed by atoms with Gasteiger partial charge in [0.1, 0.15) is 11.4 Å². The van der Waals surface area contributed by atoms with E-state index in [0.29, 0.717) is 24.0 Å². The number of halogens is 1. The summed E-state index contributed by atoms with van der Waals surface area (Å²) in [4.78, 5) is 30.8. The molecule has 0 saturated carbocycles. The molecule has 1 saturated heterocycles. The van der Waals surface area contributed by atoms with Crippen molar-refractivity contribution in [1.82, 2.24) is 15.8 Å². The number of amides is 2. The number of aromatic nitrogens is 1. The van der Waals surface area contributed by atoms with E-state index in [1.165, 1.54) is 11.3 Å². The van der Waals surface area contributed by atoms with E-state index < -0.39 is 17.9 Å². The van der Waals surface area contributed by atoms with Crippen molar-refractivity contribution < 1.29 is 19.1 Å². The van der Waals surface area contributed by atoms with E-state index in [-0.39, 0.29) is 5.69 Å². The van der Waals surface area contributed by atoms with Gasteiger partial charge in [0.25, 0.3) is 11.8 Å². The summed E-state index contributed by atoms with van der Waals surface area (Å²) in [5, 5.41) is 3.01. The average Bonchev–Trinajstić information content (AvgIpc) is 3.19. The Hall–Kier alpha value is -2.36. The Kier molecular flexibility index (Phi) is 6.71. The number of carbonyl (C=O) groups is 2. The molecule has 8 nitrogen and oxygen atoms in total. The minimum Gasteiger partial charge on any atom is -0.481 e. The van der Waals surface area contributed by atoms with Gasteiger partial charge in [-0.25, -0.2) is 4.98 Å². The van der Waals surface area contributed by atoms with Gasteiger partial charge >= 0.3 is 0 Å². The molecule has 1 fully saturated rings. The summed E-state index contributed by atoms with van der Waals surface area (Å²) in [6.45, 7) is 6.19. The van der Waals surface area contributed by atoms with Crippen LogP contribution < -0.4 is 20.5 Å². The Morgan fingerprint density at radius 1 is 1.32 bits per heavy atom. The van der Waals surface area contributed by atoms with Crippen molar-refractivity contribution in [1.29, 1.82) is 0 Å². The van der Waals surface area contributed by atoms with E-state index in [0.717, 1.165) is 23.8 Å². The highest BCUT2D eigenvalue weighted by Gasteiger charge is 2.20. The molecule has 10 heteroatoms. The van der Waals surface area contributed by atoms with E-state index in [1.54, 1.807) is 30.5 Å². The lowest BCUT2D eigenvalue weighted by Crippen LogP contribution is -2.47. The first-order chi connectivity index (χ1) is 13.4. The molecule has 28 heavy (non-hydrogen) atoms. The first-order valence-corrected chi connectivity index (χ1v) is 10.0. The van der Waals surface area contributed by atoms with Crippen LogP contribution in [0.1, 0.15) is 23.0 Å². The van der Waals surface area contributed by atoms with Crippen LogP contribution in [0.15, 0.2) is 23.6 Å². The lowest BCUT2D eigenvalue weighted by atomic mass is 10.2. The van der Waals surface area contributed by atoms with Crippen molar-refractivity contribution in [2.45, 2.75) is 20.0 Å². The van der Waals surface area contributed by atoms with Crippen LogP contribution in [0.2, 0.25) is 5.02 Å². The van der Waals surface area contributed by atoms with E-state index in [9.17, 15) is 9.59 Å². The zero-order valence-corrected chi connectivity index (χ0v) is 17.1. The quantitative estimate of drug-likeness (QED) is 0.714. The number of nitrogens with one attached hydrogen (secondary N) is 2. The van der Waals surface area contributed by atoms with Crippen LogP contribution >= 0.6 is 22.9 Å². The molecule has 0 bridgehead atoms. The SMILES string of the molecule is Cc1cc(Cl)ccc1OC(C)C(=O)NNC(=O)c1csc(N2CCOCC2)n1. The molecular weight excluding hydrogens is 404 g/mol. The van der Waals surface area contributed by atoms with Gasteiger partial charge in [-0.05, 0) is 37.6 Å². The largest absolute Gasteiger partial charge is 0.481 e. The number of hydrogen-bond donors (Lipinski definition) is 2. The van der Waals surface area contributed by atoms with Crippen LogP contribution in [-0.4, -0.2) is 49.2 Å². The molecule has 1 atom stereocenters. The number of hydrogen-bond acceptors (Lipinski definition) is 7. The Labute approximate surface area is 171 Å². The fourth-order valence-electron chi connectivity index (χ4n) is 2.54. The molecular formula is C18H21ClN4O4S. The Morgan fingerprint density at radius 2 is 2.07 bits per heavy atom. The van der Waals surface area contributed by atoms with E-state index >= 15 is 0 Å². The third-order valence-electron chi connectivity index (χ3n) is 4.12. The molecule has 0 aliphatic carbocycles. The van der Waals surface area contributed by atoms with Crippen LogP contribution in [0.5, 0.6) is 5.75 Å². The second kappa shape index (κ2) is 9.22. The van der Waals surface area contributed by atoms with Crippen molar-refractivity contribution in [3.05, 3.63) is 39.9 Å². The fraction of sp³-hybridized carbons (Fsp3) is 0.389. The smallest absolute Gasteiger partial charge is 0.289 e. The zero-order chi connectivity index (χ0) is 20.1. The highest BCUT2D eigenvalue weighted by Crippen LogP contribution is 2.23. The molecule has 1 aliphatic rings. The number of benzene rings is 1. The normalized spacial score (nSPS) is 15.0. The Balaban J connectivity index is 1.50. The average molecular weight is 425 g/mol. The third-order valence-corrected chi connectivity index (χ3v) is 5.25. The van der Waals surface area contributed by atoms with Gasteiger partial charge in [0.15, 0.2) is 11.2 Å². The second-order valence-corrected chi connectivity index (χ2v) is 7.50. The molecule has 1 aromatic heterocycles. The third kappa shape index (κ3) is 5.12. The maximum absolute atomic E-state index is 12.2. The van der Waals surface area contributed by atoms with Gasteiger partial charge in [-0.2, -0.15) is 0 Å². The van der Waals surface area contributed by atoms with Crippen LogP contribution in [0.4, 0.5) is 5.13 Å². The summed E-state index contributed by atoms with van der Waals surface area (Å²) in [5.41, 5.74) is 5.79. The minimum absolute atomic E-state index is 0.244. The second-order valence-electron chi connectivity index (χ2n) is 6.23. The van der Waals surface area contributed by atoms with Gasteiger partial charge in [-0.3, -0.25) is 20.4 Å². The molecule has 1 aliphatic heterocycles. The number of aryl methyl sites for hydroxylation is 1. The molecule has 1 aromatic carbocycles. The molecule has 2 heterocycles. The molecule has 2 amide bonds. The monoisotopic (exact) mass is 424 g/mol. The number of anilines is 1. The summed E-state index contributed by atoms with van der Waals surface area (Å²) in [6.07, 6.45) is -0.806. The number of thiazole rings is 1. The molecule has 3 rings (SSSR count). The molecule has 150 valence electrons. The van der Waals surface area contributed by atoms with Gasteiger partial charge in [0.2, 0.25) is 0 Å². The summed E-state index contributed by atoms with van der Waals surface area (Å²) >= 11 is 7.29. The number of morpholine rings is 1. The van der Waals surface area contributed by atoms with Crippen LogP contribution in [-0.2, 0) is 9.53 Å². The van der Waals surface area contributed by atoms with Crippen LogP contribution in [0.3, 0.4) is 0 Å². The maximum atomic E-state index is 12.2. The summed E-state index contributed by atoms with van der Waals surface area (Å²) in [5.74, 6) is -0.418. The lowest BCUT2D eigenvalue weighted by molar-refractivity contribution is -0.128. The number of nitrogens with zero attached hydrogens (tertiary/aromatic N) is 2. The number of carbonyl (C=O) groups excluding carboxylic acids is 2. The summed E-state index contributed by atoms with van der Waals surface area (Å²) in [6, 6.07) is 5.13. The van der Waals surface area contributed by atoms with Gasteiger partial charge in [-0.15, -0.1) is 11.3 Å². The van der Waals surface area contributed by atoms with Crippen molar-refractivity contribution in [3.63, 3.8) is 0 Å². The first kappa shape index (κ1) is 20.4. The Bertz CT molecular complexity index is 854. The zero-order valence-electron chi connectivity index (χ0n) is 15.5. The van der Waals surface area contributed by atoms with Gasteiger partial charge in [0.05, 0.1) is 13.2 Å². The van der Waals surface area contributed by atoms with Crippen LogP contribution in [0, 0.1) is 6.92 Å². The molecule has 2 aromatic rings. The fourth-order valence-corrected chi connectivity index (χ4v) is 3.63. The number of rotatable bonds is 5. The summed E-state index contributed by atoms with van der Waals surface area (Å²) < 4.78 is 10.9. The topological polar surface area (TPSA) is 92.8 Å². The lowest BCUT2D eigenvalue weighted by Gasteiger charge is -2.25. The van der Waals surface area contributed by atoms with E-state index in [1.807, 2.05) is 6.92 Å². The minimum atomic E-state index is -0.806. The maximum Gasteiger partial charge on any atom is 0.289 e. The predicted octanol–water partition coefficient (Wildman–Crippen LogP) is 2.17. The van der Waals surface area contributed by atoms with Crippen molar-refractivity contribution in [3.8, 4) is 5.75 Å². The molecule has 2 N–H and O–H groups in total. The standard InChI is InChI=1S/C18H21ClN4O4S/c1-11-9-13(19)3-4-15(11)27-12(2)16(24)21-22-17(25)14-10-28-18(20-14)23-5-7-26-8-6-23/h3-4,9-10,12H,5-8H2,1-2H3,(H,21,24)(H,22,25). The number of hydrazine groups is 1. The summed E-state index contributed by atoms with van der Waals surface area (Å²) in [7, 11) is 0. The molecule has 0 radical (unpaired) electrons. The highest BCUT2D eigenvalue weighted by atomic mass is 35.5. The van der Waals surface area contributed by atoms with E-state index in [2.05, 4.69) is 20.7 Å². The highest BCUT2D eigenvalue weighted by molar-refractivity contribution is 7.13. The van der Waals surface area contributed by atoms with Crippen molar-refractivity contribution in [2.75, 3.05) is 31.2 Å². The predicted molar refractivity (Wildman–Crippen MR) is 107 cm³/mol. The molecule has 1 unspecified atom stereocenters. The van der Waals surface area contributed by atoms with Gasteiger partial charge in [-0.1, -0.05) is 11.6 Å². The van der Waals surface area contributed by atoms with Gasteiger partial charge in [0, 0.05) is 23.5 Å². The first-order valence-electron chi connectivity index (χ1n) is 8.75.